The summed E-state index contributed by atoms with van der Waals surface area (Å²) in [6.07, 6.45) is 5.40. The molecule has 2 aromatic heterocycles. The second kappa shape index (κ2) is 7.80. The minimum Gasteiger partial charge on any atom is -0.344 e. The molecule has 0 aromatic carbocycles. The maximum absolute atomic E-state index is 14.8. The Labute approximate surface area is 203 Å². The molecule has 0 amide bonds. The van der Waals surface area contributed by atoms with Crippen LogP contribution >= 0.6 is 11.6 Å². The van der Waals surface area contributed by atoms with Gasteiger partial charge in [-0.25, -0.2) is 18.7 Å². The van der Waals surface area contributed by atoms with Crippen LogP contribution in [0.25, 0.3) is 11.0 Å². The third kappa shape index (κ3) is 3.75. The molecule has 4 atom stereocenters. The molecular weight excluding hydrogens is 464 g/mol. The van der Waals surface area contributed by atoms with Gasteiger partial charge in [-0.1, -0.05) is 11.6 Å². The third-order valence-electron chi connectivity index (χ3n) is 8.42. The number of ether oxygens (including phenoxy) is 2. The lowest BCUT2D eigenvalue weighted by Gasteiger charge is -2.44. The normalized spacial score (nSPS) is 34.9. The van der Waals surface area contributed by atoms with E-state index in [-0.39, 0.29) is 37.1 Å². The molecule has 3 saturated heterocycles. The number of aromatic nitrogens is 3. The van der Waals surface area contributed by atoms with Crippen LogP contribution in [0.1, 0.15) is 45.6 Å². The molecule has 5 heterocycles. The predicted octanol–water partition coefficient (Wildman–Crippen LogP) is 3.97. The zero-order valence-electron chi connectivity index (χ0n) is 19.9. The second-order valence-corrected chi connectivity index (χ2v) is 11.6. The van der Waals surface area contributed by atoms with E-state index >= 15 is 0 Å². The average molecular weight is 496 g/mol. The molecule has 7 nitrogen and oxygen atoms in total. The zero-order valence-corrected chi connectivity index (χ0v) is 20.6. The number of rotatable bonds is 3. The van der Waals surface area contributed by atoms with E-state index in [1.54, 1.807) is 0 Å². The number of hydrogen-bond acceptors (Lipinski definition) is 6. The summed E-state index contributed by atoms with van der Waals surface area (Å²) >= 11 is 6.29. The van der Waals surface area contributed by atoms with E-state index < -0.39 is 17.2 Å². The Hall–Kier alpha value is -1.39. The molecule has 0 N–H and O–H groups in total. The molecule has 34 heavy (non-hydrogen) atoms. The fraction of sp³-hybridized carbons (Fsp3) is 0.750. The first kappa shape index (κ1) is 23.0. The Morgan fingerprint density at radius 1 is 1.15 bits per heavy atom. The summed E-state index contributed by atoms with van der Waals surface area (Å²) in [7, 11) is 2.07. The quantitative estimate of drug-likeness (QED) is 0.601. The summed E-state index contributed by atoms with van der Waals surface area (Å²) < 4.78 is 44.4. The van der Waals surface area contributed by atoms with Gasteiger partial charge in [0.2, 0.25) is 0 Å². The highest BCUT2D eigenvalue weighted by Gasteiger charge is 2.59. The fourth-order valence-corrected chi connectivity index (χ4v) is 7.07. The molecule has 3 aliphatic heterocycles. The molecule has 6 rings (SSSR count). The van der Waals surface area contributed by atoms with Crippen LogP contribution in [0, 0.1) is 5.92 Å². The van der Waals surface area contributed by atoms with E-state index in [0.29, 0.717) is 11.7 Å². The Kier molecular flexibility index (Phi) is 5.29. The van der Waals surface area contributed by atoms with Gasteiger partial charge < -0.3 is 18.9 Å². The summed E-state index contributed by atoms with van der Waals surface area (Å²) in [6.45, 7) is 5.98. The highest BCUT2D eigenvalue weighted by molar-refractivity contribution is 6.33. The van der Waals surface area contributed by atoms with E-state index in [2.05, 4.69) is 31.4 Å². The molecule has 1 spiro atoms. The SMILES string of the molecule is CN1CCC2(CC1)CC(F)(F)CN2C[C@H]1C[C@@H](n2ccc3c(Cl)ncnc32)[C@@H]2OC(C)(C)O[C@H]12. The molecule has 1 saturated carbocycles. The van der Waals surface area contributed by atoms with E-state index in [1.807, 2.05) is 26.1 Å². The highest BCUT2D eigenvalue weighted by Crippen LogP contribution is 2.51. The van der Waals surface area contributed by atoms with Gasteiger partial charge in [-0.05, 0) is 59.3 Å². The van der Waals surface area contributed by atoms with Gasteiger partial charge in [0.1, 0.15) is 23.2 Å². The predicted molar refractivity (Wildman–Crippen MR) is 124 cm³/mol. The molecule has 4 aliphatic rings. The Morgan fingerprint density at radius 2 is 1.88 bits per heavy atom. The molecule has 1 aliphatic carbocycles. The van der Waals surface area contributed by atoms with E-state index in [1.165, 1.54) is 6.33 Å². The number of hydrogen-bond donors (Lipinski definition) is 0. The Morgan fingerprint density at radius 3 is 2.65 bits per heavy atom. The minimum absolute atomic E-state index is 0.0169. The van der Waals surface area contributed by atoms with Gasteiger partial charge in [0.05, 0.1) is 24.1 Å². The summed E-state index contributed by atoms with van der Waals surface area (Å²) in [5.74, 6) is -3.29. The highest BCUT2D eigenvalue weighted by atomic mass is 35.5. The molecule has 0 radical (unpaired) electrons. The van der Waals surface area contributed by atoms with Crippen molar-refractivity contribution >= 4 is 22.6 Å². The molecular formula is C24H32ClF2N5O2. The van der Waals surface area contributed by atoms with E-state index in [9.17, 15) is 8.78 Å². The van der Waals surface area contributed by atoms with Gasteiger partial charge in [-0.15, -0.1) is 0 Å². The lowest BCUT2D eigenvalue weighted by atomic mass is 9.84. The van der Waals surface area contributed by atoms with Crippen molar-refractivity contribution in [2.45, 2.75) is 75.0 Å². The van der Waals surface area contributed by atoms with Gasteiger partial charge in [0, 0.05) is 30.6 Å². The standard InChI is InChI=1S/C24H32ClF2N5O2/c1-22(2)33-18-15(11-31-13-24(26,27)12-23(31)5-8-30(3)9-6-23)10-17(19(18)34-22)32-7-4-16-20(25)28-14-29-21(16)32/h4,7,14-15,17-19H,5-6,8-13H2,1-3H3/t15-,17-,18-,19+/m1/s1. The van der Waals surface area contributed by atoms with Gasteiger partial charge in [0.15, 0.2) is 5.79 Å². The Bertz CT molecular complexity index is 1090. The first-order chi connectivity index (χ1) is 16.1. The number of likely N-dealkylation sites (tertiary alicyclic amines) is 2. The number of fused-ring (bicyclic) bond motifs is 2. The topological polar surface area (TPSA) is 55.7 Å². The fourth-order valence-electron chi connectivity index (χ4n) is 6.88. The van der Waals surface area contributed by atoms with Crippen LogP contribution in [-0.4, -0.2) is 87.0 Å². The van der Waals surface area contributed by atoms with Crippen molar-refractivity contribution in [3.8, 4) is 0 Å². The first-order valence-corrected chi connectivity index (χ1v) is 12.6. The Balaban J connectivity index is 1.31. The maximum atomic E-state index is 14.8. The van der Waals surface area contributed by atoms with E-state index in [4.69, 9.17) is 21.1 Å². The van der Waals surface area contributed by atoms with Crippen molar-refractivity contribution in [1.82, 2.24) is 24.3 Å². The summed E-state index contributed by atoms with van der Waals surface area (Å²) in [4.78, 5) is 12.9. The van der Waals surface area contributed by atoms with Crippen LogP contribution in [0.3, 0.4) is 0 Å². The van der Waals surface area contributed by atoms with Crippen LogP contribution in [0.2, 0.25) is 5.15 Å². The van der Waals surface area contributed by atoms with Crippen molar-refractivity contribution < 1.29 is 18.3 Å². The molecule has 0 bridgehead atoms. The van der Waals surface area contributed by atoms with Crippen molar-refractivity contribution in [3.05, 3.63) is 23.7 Å². The van der Waals surface area contributed by atoms with Gasteiger partial charge in [-0.2, -0.15) is 0 Å². The van der Waals surface area contributed by atoms with Gasteiger partial charge in [-0.3, -0.25) is 4.90 Å². The van der Waals surface area contributed by atoms with Crippen molar-refractivity contribution in [2.75, 3.05) is 33.2 Å². The van der Waals surface area contributed by atoms with Crippen LogP contribution in [0.5, 0.6) is 0 Å². The third-order valence-corrected chi connectivity index (χ3v) is 8.72. The summed E-state index contributed by atoms with van der Waals surface area (Å²) in [5, 5.41) is 1.22. The smallest absolute Gasteiger partial charge is 0.262 e. The van der Waals surface area contributed by atoms with Gasteiger partial charge >= 0.3 is 0 Å². The van der Waals surface area contributed by atoms with Crippen LogP contribution in [0.15, 0.2) is 18.6 Å². The second-order valence-electron chi connectivity index (χ2n) is 11.2. The maximum Gasteiger partial charge on any atom is 0.262 e. The lowest BCUT2D eigenvalue weighted by Crippen LogP contribution is -2.53. The van der Waals surface area contributed by atoms with Crippen molar-refractivity contribution in [3.63, 3.8) is 0 Å². The lowest BCUT2D eigenvalue weighted by molar-refractivity contribution is -0.161. The minimum atomic E-state index is -2.65. The largest absolute Gasteiger partial charge is 0.344 e. The number of piperidine rings is 1. The summed E-state index contributed by atoms with van der Waals surface area (Å²) in [5.41, 5.74) is 0.330. The number of nitrogens with zero attached hydrogens (tertiary/aromatic N) is 5. The molecule has 0 unspecified atom stereocenters. The molecule has 186 valence electrons. The molecule has 2 aromatic rings. The summed E-state index contributed by atoms with van der Waals surface area (Å²) in [6, 6.07) is 1.91. The van der Waals surface area contributed by atoms with E-state index in [0.717, 1.165) is 43.4 Å². The van der Waals surface area contributed by atoms with Crippen LogP contribution < -0.4 is 0 Å². The average Bonchev–Trinajstić information content (AvgIpc) is 3.46. The first-order valence-electron chi connectivity index (χ1n) is 12.2. The van der Waals surface area contributed by atoms with Crippen LogP contribution in [-0.2, 0) is 9.47 Å². The van der Waals surface area contributed by atoms with Crippen molar-refractivity contribution in [2.24, 2.45) is 5.92 Å². The van der Waals surface area contributed by atoms with Crippen molar-refractivity contribution in [1.29, 1.82) is 0 Å². The zero-order chi connectivity index (χ0) is 23.9. The monoisotopic (exact) mass is 495 g/mol. The number of halogens is 3. The molecule has 10 heteroatoms. The van der Waals surface area contributed by atoms with Gasteiger partial charge in [0.25, 0.3) is 5.92 Å². The van der Waals surface area contributed by atoms with Crippen LogP contribution in [0.4, 0.5) is 8.78 Å². The number of alkyl halides is 2. The molecule has 4 fully saturated rings.